The number of hydrogen-bond donors (Lipinski definition) is 0. The minimum absolute atomic E-state index is 0.0899. The molecule has 0 bridgehead atoms. The van der Waals surface area contributed by atoms with Crippen molar-refractivity contribution in [3.63, 3.8) is 0 Å². The lowest BCUT2D eigenvalue weighted by Crippen LogP contribution is -2.06. The number of carbonyl (C=O) groups is 2. The highest BCUT2D eigenvalue weighted by atomic mass is 16.1. The number of rotatable bonds is 5. The first kappa shape index (κ1) is 16.2. The van der Waals surface area contributed by atoms with Crippen LogP contribution in [0.1, 0.15) is 71.4 Å². The van der Waals surface area contributed by atoms with Gasteiger partial charge in [-0.25, -0.2) is 0 Å². The fourth-order valence-corrected chi connectivity index (χ4v) is 2.62. The monoisotopic (exact) mass is 294 g/mol. The third-order valence-electron chi connectivity index (χ3n) is 4.44. The van der Waals surface area contributed by atoms with Crippen LogP contribution < -0.4 is 0 Å². The molecule has 114 valence electrons. The van der Waals surface area contributed by atoms with Crippen LogP contribution in [-0.4, -0.2) is 11.6 Å². The highest BCUT2D eigenvalue weighted by molar-refractivity contribution is 5.94. The Kier molecular flexibility index (Phi) is 4.92. The Morgan fingerprint density at radius 3 is 1.14 bits per heavy atom. The van der Waals surface area contributed by atoms with Crippen molar-refractivity contribution in [3.8, 4) is 0 Å². The van der Waals surface area contributed by atoms with E-state index in [9.17, 15) is 9.59 Å². The highest BCUT2D eigenvalue weighted by Crippen LogP contribution is 2.32. The van der Waals surface area contributed by atoms with E-state index in [1.807, 2.05) is 48.5 Å². The summed E-state index contributed by atoms with van der Waals surface area (Å²) < 4.78 is 0. The Balaban J connectivity index is 2.18. The average molecular weight is 294 g/mol. The molecule has 0 heterocycles. The molecule has 0 fully saturated rings. The van der Waals surface area contributed by atoms with Gasteiger partial charge in [-0.3, -0.25) is 9.59 Å². The number of ketones is 2. The van der Waals surface area contributed by atoms with Crippen LogP contribution in [0.15, 0.2) is 48.5 Å². The van der Waals surface area contributed by atoms with Crippen LogP contribution in [0.4, 0.5) is 0 Å². The van der Waals surface area contributed by atoms with E-state index in [1.54, 1.807) is 13.8 Å². The van der Waals surface area contributed by atoms with E-state index >= 15 is 0 Å². The van der Waals surface area contributed by atoms with Crippen molar-refractivity contribution in [2.45, 2.75) is 39.5 Å². The Morgan fingerprint density at radius 1 is 0.636 bits per heavy atom. The normalized spacial score (nSPS) is 13.5. The molecule has 0 aliphatic carbocycles. The van der Waals surface area contributed by atoms with E-state index < -0.39 is 0 Å². The molecule has 2 atom stereocenters. The van der Waals surface area contributed by atoms with Gasteiger partial charge in [0.1, 0.15) is 0 Å². The van der Waals surface area contributed by atoms with E-state index in [2.05, 4.69) is 13.8 Å². The number of hydrogen-bond acceptors (Lipinski definition) is 2. The zero-order chi connectivity index (χ0) is 16.3. The second-order valence-electron chi connectivity index (χ2n) is 5.93. The van der Waals surface area contributed by atoms with Gasteiger partial charge in [0.2, 0.25) is 0 Å². The molecule has 0 aliphatic rings. The first-order valence-electron chi connectivity index (χ1n) is 7.62. The maximum atomic E-state index is 11.3. The van der Waals surface area contributed by atoms with Crippen molar-refractivity contribution in [2.24, 2.45) is 0 Å². The fourth-order valence-electron chi connectivity index (χ4n) is 2.62. The quantitative estimate of drug-likeness (QED) is 0.727. The van der Waals surface area contributed by atoms with Crippen molar-refractivity contribution in [1.29, 1.82) is 0 Å². The summed E-state index contributed by atoms with van der Waals surface area (Å²) in [6.45, 7) is 7.54. The molecule has 0 saturated heterocycles. The molecule has 2 rings (SSSR count). The molecule has 0 N–H and O–H groups in total. The third-order valence-corrected chi connectivity index (χ3v) is 4.44. The first-order chi connectivity index (χ1) is 10.4. The van der Waals surface area contributed by atoms with E-state index in [-0.39, 0.29) is 11.6 Å². The molecule has 2 aromatic carbocycles. The molecule has 0 aliphatic heterocycles. The summed E-state index contributed by atoms with van der Waals surface area (Å²) in [5.74, 6) is 0.854. The molecule has 2 nitrogen and oxygen atoms in total. The maximum Gasteiger partial charge on any atom is 0.159 e. The zero-order valence-corrected chi connectivity index (χ0v) is 13.6. The number of Topliss-reactive ketones (excluding diaryl/α,β-unsaturated/α-hetero) is 2. The molecule has 2 unspecified atom stereocenters. The van der Waals surface area contributed by atoms with Crippen molar-refractivity contribution < 1.29 is 9.59 Å². The van der Waals surface area contributed by atoms with Gasteiger partial charge in [0.05, 0.1) is 0 Å². The fraction of sp³-hybridized carbons (Fsp3) is 0.300. The SMILES string of the molecule is CC(=O)c1ccc(C(C)C(C)c2ccc(C(C)=O)cc2)cc1. The van der Waals surface area contributed by atoms with Crippen molar-refractivity contribution >= 4 is 11.6 Å². The number of benzene rings is 2. The molecule has 0 saturated carbocycles. The summed E-state index contributed by atoms with van der Waals surface area (Å²) in [5, 5.41) is 0. The summed E-state index contributed by atoms with van der Waals surface area (Å²) in [7, 11) is 0. The lowest BCUT2D eigenvalue weighted by molar-refractivity contribution is 0.100. The Bertz CT molecular complexity index is 604. The predicted octanol–water partition coefficient (Wildman–Crippen LogP) is 5.00. The molecule has 2 heteroatoms. The minimum Gasteiger partial charge on any atom is -0.295 e. The molecular formula is C20H22O2. The standard InChI is InChI=1S/C20H22O2/c1-13(17-5-9-19(10-6-17)15(3)21)14(2)18-7-11-20(12-8-18)16(4)22/h5-14H,1-4H3. The first-order valence-corrected chi connectivity index (χ1v) is 7.62. The van der Waals surface area contributed by atoms with Gasteiger partial charge in [0.25, 0.3) is 0 Å². The molecular weight excluding hydrogens is 272 g/mol. The minimum atomic E-state index is 0.0899. The van der Waals surface area contributed by atoms with E-state index in [1.165, 1.54) is 11.1 Å². The topological polar surface area (TPSA) is 34.1 Å². The zero-order valence-electron chi connectivity index (χ0n) is 13.6. The van der Waals surface area contributed by atoms with Gasteiger partial charge >= 0.3 is 0 Å². The van der Waals surface area contributed by atoms with Crippen LogP contribution in [0.2, 0.25) is 0 Å². The summed E-state index contributed by atoms with van der Waals surface area (Å²) in [6.07, 6.45) is 0. The van der Waals surface area contributed by atoms with Gasteiger partial charge in [-0.15, -0.1) is 0 Å². The van der Waals surface area contributed by atoms with Gasteiger partial charge in [0, 0.05) is 11.1 Å². The average Bonchev–Trinajstić information content (AvgIpc) is 2.53. The Morgan fingerprint density at radius 2 is 0.909 bits per heavy atom. The summed E-state index contributed by atoms with van der Waals surface area (Å²) in [5.41, 5.74) is 3.92. The molecule has 22 heavy (non-hydrogen) atoms. The van der Waals surface area contributed by atoms with Crippen LogP contribution in [0.5, 0.6) is 0 Å². The van der Waals surface area contributed by atoms with Gasteiger partial charge < -0.3 is 0 Å². The molecule has 0 aromatic heterocycles. The van der Waals surface area contributed by atoms with Crippen LogP contribution in [0.3, 0.4) is 0 Å². The lowest BCUT2D eigenvalue weighted by atomic mass is 9.83. The van der Waals surface area contributed by atoms with Crippen LogP contribution in [-0.2, 0) is 0 Å². The van der Waals surface area contributed by atoms with Gasteiger partial charge in [-0.2, -0.15) is 0 Å². The van der Waals surface area contributed by atoms with E-state index in [4.69, 9.17) is 0 Å². The summed E-state index contributed by atoms with van der Waals surface area (Å²) in [4.78, 5) is 22.7. The second kappa shape index (κ2) is 6.69. The maximum absolute atomic E-state index is 11.3. The molecule has 2 aromatic rings. The molecule has 0 radical (unpaired) electrons. The van der Waals surface area contributed by atoms with Crippen LogP contribution >= 0.6 is 0 Å². The highest BCUT2D eigenvalue weighted by Gasteiger charge is 2.16. The summed E-state index contributed by atoms with van der Waals surface area (Å²) in [6, 6.07) is 15.7. The third kappa shape index (κ3) is 3.51. The predicted molar refractivity (Wildman–Crippen MR) is 89.7 cm³/mol. The lowest BCUT2D eigenvalue weighted by Gasteiger charge is -2.21. The summed E-state index contributed by atoms with van der Waals surface area (Å²) >= 11 is 0. The Hall–Kier alpha value is -2.22. The Labute approximate surface area is 132 Å². The van der Waals surface area contributed by atoms with Gasteiger partial charge in [-0.05, 0) is 36.8 Å². The second-order valence-corrected chi connectivity index (χ2v) is 5.93. The van der Waals surface area contributed by atoms with E-state index in [0.717, 1.165) is 11.1 Å². The van der Waals surface area contributed by atoms with E-state index in [0.29, 0.717) is 11.8 Å². The van der Waals surface area contributed by atoms with Crippen molar-refractivity contribution in [1.82, 2.24) is 0 Å². The van der Waals surface area contributed by atoms with Crippen LogP contribution in [0, 0.1) is 0 Å². The molecule has 0 spiro atoms. The van der Waals surface area contributed by atoms with Gasteiger partial charge in [0.15, 0.2) is 11.6 Å². The number of carbonyl (C=O) groups excluding carboxylic acids is 2. The van der Waals surface area contributed by atoms with Gasteiger partial charge in [-0.1, -0.05) is 62.4 Å². The van der Waals surface area contributed by atoms with Crippen molar-refractivity contribution in [3.05, 3.63) is 70.8 Å². The van der Waals surface area contributed by atoms with Crippen molar-refractivity contribution in [2.75, 3.05) is 0 Å². The smallest absolute Gasteiger partial charge is 0.159 e. The van der Waals surface area contributed by atoms with Crippen LogP contribution in [0.25, 0.3) is 0 Å². The largest absolute Gasteiger partial charge is 0.295 e. The molecule has 0 amide bonds.